The lowest BCUT2D eigenvalue weighted by molar-refractivity contribution is 1.02. The number of hydrogen-bond acceptors (Lipinski definition) is 2. The Kier molecular flexibility index (Phi) is 2.57. The summed E-state index contributed by atoms with van der Waals surface area (Å²) in [6.07, 6.45) is 5.39. The van der Waals surface area contributed by atoms with Crippen LogP contribution in [0.25, 0.3) is 27.2 Å². The molecule has 0 saturated heterocycles. The van der Waals surface area contributed by atoms with Crippen molar-refractivity contribution in [2.24, 2.45) is 0 Å². The van der Waals surface area contributed by atoms with Crippen LogP contribution in [0.4, 0.5) is 0 Å². The van der Waals surface area contributed by atoms with Crippen LogP contribution >= 0.6 is 0 Å². The largest absolute Gasteiger partial charge is 0.283 e. The van der Waals surface area contributed by atoms with Crippen molar-refractivity contribution in [1.29, 1.82) is 0 Å². The SMILES string of the molecule is O=c1c2ccccc2ccn1-c1cccc2cnccc12. The number of pyridine rings is 2. The molecule has 0 saturated carbocycles. The summed E-state index contributed by atoms with van der Waals surface area (Å²) in [5.74, 6) is 0. The molecule has 0 atom stereocenters. The van der Waals surface area contributed by atoms with Gasteiger partial charge >= 0.3 is 0 Å². The molecule has 0 unspecified atom stereocenters. The molecular weight excluding hydrogens is 260 g/mol. The standard InChI is InChI=1S/C18H12N2O/c21-18-16-6-2-1-4-13(16)9-11-20(18)17-7-3-5-14-12-19-10-8-15(14)17/h1-12H. The number of hydrogen-bond donors (Lipinski definition) is 0. The molecule has 3 nitrogen and oxygen atoms in total. The maximum Gasteiger partial charge on any atom is 0.262 e. The van der Waals surface area contributed by atoms with Gasteiger partial charge in [0.1, 0.15) is 0 Å². The summed E-state index contributed by atoms with van der Waals surface area (Å²) in [6.45, 7) is 0. The van der Waals surface area contributed by atoms with Crippen LogP contribution in [0.5, 0.6) is 0 Å². The zero-order chi connectivity index (χ0) is 14.2. The molecule has 2 aromatic heterocycles. The fourth-order valence-electron chi connectivity index (χ4n) is 2.69. The van der Waals surface area contributed by atoms with Crippen molar-refractivity contribution in [2.75, 3.05) is 0 Å². The number of nitrogens with zero attached hydrogens (tertiary/aromatic N) is 2. The van der Waals surface area contributed by atoms with E-state index in [-0.39, 0.29) is 5.56 Å². The minimum absolute atomic E-state index is 0.00240. The Bertz CT molecular complexity index is 1010. The van der Waals surface area contributed by atoms with E-state index >= 15 is 0 Å². The molecule has 0 radical (unpaired) electrons. The topological polar surface area (TPSA) is 34.9 Å². The van der Waals surface area contributed by atoms with Gasteiger partial charge in [0, 0.05) is 34.7 Å². The summed E-state index contributed by atoms with van der Waals surface area (Å²) >= 11 is 0. The fourth-order valence-corrected chi connectivity index (χ4v) is 2.69. The van der Waals surface area contributed by atoms with Gasteiger partial charge in [0.2, 0.25) is 0 Å². The van der Waals surface area contributed by atoms with E-state index < -0.39 is 0 Å². The smallest absolute Gasteiger partial charge is 0.262 e. The molecule has 0 bridgehead atoms. The van der Waals surface area contributed by atoms with Crippen LogP contribution in [0.1, 0.15) is 0 Å². The zero-order valence-electron chi connectivity index (χ0n) is 11.2. The third-order valence-corrected chi connectivity index (χ3v) is 3.73. The van der Waals surface area contributed by atoms with Crippen LogP contribution in [-0.4, -0.2) is 9.55 Å². The van der Waals surface area contributed by atoms with Crippen molar-refractivity contribution in [3.63, 3.8) is 0 Å². The molecule has 0 aliphatic carbocycles. The third-order valence-electron chi connectivity index (χ3n) is 3.73. The van der Waals surface area contributed by atoms with Crippen molar-refractivity contribution in [3.05, 3.63) is 83.5 Å². The van der Waals surface area contributed by atoms with E-state index in [1.165, 1.54) is 0 Å². The molecule has 0 N–H and O–H groups in total. The van der Waals surface area contributed by atoms with E-state index in [0.717, 1.165) is 27.2 Å². The molecule has 4 rings (SSSR count). The van der Waals surface area contributed by atoms with Gasteiger partial charge in [-0.3, -0.25) is 14.3 Å². The summed E-state index contributed by atoms with van der Waals surface area (Å²) in [7, 11) is 0. The molecule has 0 aliphatic heterocycles. The van der Waals surface area contributed by atoms with Crippen LogP contribution in [0, 0.1) is 0 Å². The normalized spacial score (nSPS) is 11.0. The lowest BCUT2D eigenvalue weighted by Crippen LogP contribution is -2.17. The van der Waals surface area contributed by atoms with E-state index in [1.807, 2.05) is 67.0 Å². The monoisotopic (exact) mass is 272 g/mol. The molecule has 2 heterocycles. The van der Waals surface area contributed by atoms with E-state index in [1.54, 1.807) is 10.8 Å². The second kappa shape index (κ2) is 4.56. The third kappa shape index (κ3) is 1.82. The number of fused-ring (bicyclic) bond motifs is 2. The molecule has 0 aliphatic rings. The first-order valence-electron chi connectivity index (χ1n) is 6.78. The first-order chi connectivity index (χ1) is 10.3. The number of aromatic nitrogens is 2. The summed E-state index contributed by atoms with van der Waals surface area (Å²) < 4.78 is 1.70. The Balaban J connectivity index is 2.10. The number of rotatable bonds is 1. The van der Waals surface area contributed by atoms with Crippen molar-refractivity contribution < 1.29 is 0 Å². The number of benzene rings is 2. The molecule has 2 aromatic carbocycles. The van der Waals surface area contributed by atoms with Gasteiger partial charge < -0.3 is 0 Å². The lowest BCUT2D eigenvalue weighted by Gasteiger charge is -2.10. The second-order valence-corrected chi connectivity index (χ2v) is 4.95. The molecule has 100 valence electrons. The van der Waals surface area contributed by atoms with Gasteiger partial charge in [-0.15, -0.1) is 0 Å². The molecule has 0 spiro atoms. The Morgan fingerprint density at radius 3 is 2.62 bits per heavy atom. The summed E-state index contributed by atoms with van der Waals surface area (Å²) in [6, 6.07) is 17.5. The van der Waals surface area contributed by atoms with Crippen LogP contribution in [0.3, 0.4) is 0 Å². The van der Waals surface area contributed by atoms with Gasteiger partial charge in [-0.05, 0) is 29.7 Å². The molecule has 0 amide bonds. The Labute approximate surface area is 121 Å². The van der Waals surface area contributed by atoms with Crippen molar-refractivity contribution in [2.45, 2.75) is 0 Å². The summed E-state index contributed by atoms with van der Waals surface area (Å²) in [5.41, 5.74) is 0.878. The highest BCUT2D eigenvalue weighted by Crippen LogP contribution is 2.21. The molecule has 21 heavy (non-hydrogen) atoms. The van der Waals surface area contributed by atoms with Crippen molar-refractivity contribution in [1.82, 2.24) is 9.55 Å². The van der Waals surface area contributed by atoms with E-state index in [9.17, 15) is 4.79 Å². The van der Waals surface area contributed by atoms with Crippen molar-refractivity contribution in [3.8, 4) is 5.69 Å². The van der Waals surface area contributed by atoms with Crippen molar-refractivity contribution >= 4 is 21.5 Å². The average molecular weight is 272 g/mol. The highest BCUT2D eigenvalue weighted by molar-refractivity contribution is 5.90. The predicted molar refractivity (Wildman–Crippen MR) is 84.8 cm³/mol. The average Bonchev–Trinajstić information content (AvgIpc) is 2.55. The summed E-state index contributed by atoms with van der Waals surface area (Å²) in [5, 5.41) is 3.73. The van der Waals surface area contributed by atoms with Gasteiger partial charge in [0.05, 0.1) is 5.69 Å². The maximum absolute atomic E-state index is 12.7. The molecule has 3 heteroatoms. The fraction of sp³-hybridized carbons (Fsp3) is 0. The van der Waals surface area contributed by atoms with Gasteiger partial charge in [0.15, 0.2) is 0 Å². The van der Waals surface area contributed by atoms with Gasteiger partial charge in [-0.25, -0.2) is 0 Å². The quantitative estimate of drug-likeness (QED) is 0.531. The second-order valence-electron chi connectivity index (χ2n) is 4.95. The van der Waals surface area contributed by atoms with E-state index in [0.29, 0.717) is 0 Å². The first kappa shape index (κ1) is 11.9. The van der Waals surface area contributed by atoms with Crippen LogP contribution in [0.2, 0.25) is 0 Å². The van der Waals surface area contributed by atoms with Gasteiger partial charge in [-0.2, -0.15) is 0 Å². The van der Waals surface area contributed by atoms with E-state index in [2.05, 4.69) is 4.98 Å². The van der Waals surface area contributed by atoms with Crippen LogP contribution < -0.4 is 5.56 Å². The van der Waals surface area contributed by atoms with Crippen LogP contribution in [-0.2, 0) is 0 Å². The minimum Gasteiger partial charge on any atom is -0.283 e. The zero-order valence-corrected chi connectivity index (χ0v) is 11.2. The lowest BCUT2D eigenvalue weighted by atomic mass is 10.1. The molecular formula is C18H12N2O. The Hall–Kier alpha value is -2.94. The van der Waals surface area contributed by atoms with Crippen LogP contribution in [0.15, 0.2) is 78.0 Å². The molecule has 0 fully saturated rings. The van der Waals surface area contributed by atoms with Gasteiger partial charge in [0.25, 0.3) is 5.56 Å². The minimum atomic E-state index is -0.00240. The maximum atomic E-state index is 12.7. The first-order valence-corrected chi connectivity index (χ1v) is 6.78. The predicted octanol–water partition coefficient (Wildman–Crippen LogP) is 3.54. The highest BCUT2D eigenvalue weighted by Gasteiger charge is 2.07. The van der Waals surface area contributed by atoms with E-state index in [4.69, 9.17) is 0 Å². The Morgan fingerprint density at radius 1 is 0.810 bits per heavy atom. The summed E-state index contributed by atoms with van der Waals surface area (Å²) in [4.78, 5) is 16.9. The molecule has 4 aromatic rings. The highest BCUT2D eigenvalue weighted by atomic mass is 16.1. The Morgan fingerprint density at radius 2 is 1.67 bits per heavy atom. The van der Waals surface area contributed by atoms with Gasteiger partial charge in [-0.1, -0.05) is 30.3 Å².